The van der Waals surface area contributed by atoms with Crippen molar-refractivity contribution in [2.24, 2.45) is 0 Å². The summed E-state index contributed by atoms with van der Waals surface area (Å²) in [6, 6.07) is 4.91. The van der Waals surface area contributed by atoms with Gasteiger partial charge >= 0.3 is 0 Å². The molecule has 2 aromatic heterocycles. The Labute approximate surface area is 144 Å². The number of nitrogens with zero attached hydrogens (tertiary/aromatic N) is 3. The van der Waals surface area contributed by atoms with Crippen molar-refractivity contribution in [2.75, 3.05) is 32.8 Å². The van der Waals surface area contributed by atoms with Crippen LogP contribution in [-0.4, -0.2) is 65.2 Å². The van der Waals surface area contributed by atoms with E-state index in [2.05, 4.69) is 5.16 Å². The molecule has 1 spiro atoms. The third-order valence-corrected chi connectivity index (χ3v) is 4.74. The number of piperidine rings is 1. The first-order chi connectivity index (χ1) is 12.2. The van der Waals surface area contributed by atoms with Crippen LogP contribution in [-0.2, 0) is 4.74 Å². The molecule has 0 bridgehead atoms. The summed E-state index contributed by atoms with van der Waals surface area (Å²) in [7, 11) is 0. The van der Waals surface area contributed by atoms with E-state index in [0.717, 1.165) is 12.8 Å². The van der Waals surface area contributed by atoms with Crippen molar-refractivity contribution in [3.05, 3.63) is 42.2 Å². The Morgan fingerprint density at radius 3 is 2.60 bits per heavy atom. The molecule has 2 fully saturated rings. The number of furan rings is 1. The number of rotatable bonds is 2. The zero-order valence-corrected chi connectivity index (χ0v) is 13.7. The molecule has 2 saturated heterocycles. The van der Waals surface area contributed by atoms with Crippen molar-refractivity contribution in [2.45, 2.75) is 18.4 Å². The zero-order chi connectivity index (χ0) is 17.3. The van der Waals surface area contributed by atoms with Gasteiger partial charge < -0.3 is 23.5 Å². The summed E-state index contributed by atoms with van der Waals surface area (Å²) < 4.78 is 16.2. The highest BCUT2D eigenvalue weighted by Crippen LogP contribution is 2.30. The average Bonchev–Trinajstić information content (AvgIpc) is 3.34. The van der Waals surface area contributed by atoms with Gasteiger partial charge in [0.1, 0.15) is 5.60 Å². The molecule has 2 aliphatic heterocycles. The fraction of sp³-hybridized carbons (Fsp3) is 0.471. The van der Waals surface area contributed by atoms with Gasteiger partial charge in [0.2, 0.25) is 5.76 Å². The molecule has 2 aromatic rings. The minimum atomic E-state index is -0.547. The van der Waals surface area contributed by atoms with Gasteiger partial charge in [0.25, 0.3) is 11.8 Å². The molecule has 4 rings (SSSR count). The Bertz CT molecular complexity index is 676. The summed E-state index contributed by atoms with van der Waals surface area (Å²) in [4.78, 5) is 28.5. The van der Waals surface area contributed by atoms with Crippen LogP contribution < -0.4 is 0 Å². The van der Waals surface area contributed by atoms with Gasteiger partial charge in [-0.25, -0.2) is 0 Å². The highest BCUT2D eigenvalue weighted by molar-refractivity contribution is 5.92. The number of aromatic nitrogens is 1. The van der Waals surface area contributed by atoms with E-state index in [9.17, 15) is 9.59 Å². The summed E-state index contributed by atoms with van der Waals surface area (Å²) >= 11 is 0. The van der Waals surface area contributed by atoms with Crippen LogP contribution in [0.5, 0.6) is 0 Å². The predicted molar refractivity (Wildman–Crippen MR) is 84.9 cm³/mol. The third-order valence-electron chi connectivity index (χ3n) is 4.74. The van der Waals surface area contributed by atoms with Crippen molar-refractivity contribution in [1.82, 2.24) is 15.0 Å². The smallest absolute Gasteiger partial charge is 0.292 e. The van der Waals surface area contributed by atoms with Gasteiger partial charge in [-0.1, -0.05) is 5.16 Å². The first kappa shape index (κ1) is 15.9. The number of hydrogen-bond donors (Lipinski definition) is 0. The predicted octanol–water partition coefficient (Wildman–Crippen LogP) is 1.42. The van der Waals surface area contributed by atoms with Gasteiger partial charge in [-0.15, -0.1) is 0 Å². The second-order valence-electron chi connectivity index (χ2n) is 6.44. The molecule has 0 aliphatic carbocycles. The van der Waals surface area contributed by atoms with Crippen LogP contribution in [0.3, 0.4) is 0 Å². The van der Waals surface area contributed by atoms with Crippen LogP contribution in [0.1, 0.15) is 34.0 Å². The highest BCUT2D eigenvalue weighted by atomic mass is 16.5. The largest absolute Gasteiger partial charge is 0.459 e. The topological polar surface area (TPSA) is 89.0 Å². The number of morpholine rings is 1. The Balaban J connectivity index is 1.49. The molecule has 2 aliphatic rings. The number of amides is 2. The van der Waals surface area contributed by atoms with Crippen molar-refractivity contribution >= 4 is 11.8 Å². The van der Waals surface area contributed by atoms with Gasteiger partial charge in [-0.3, -0.25) is 9.59 Å². The van der Waals surface area contributed by atoms with Crippen LogP contribution in [0.15, 0.2) is 39.6 Å². The van der Waals surface area contributed by atoms with Crippen molar-refractivity contribution < 1.29 is 23.3 Å². The van der Waals surface area contributed by atoms with E-state index in [-0.39, 0.29) is 17.6 Å². The molecule has 2 amide bonds. The van der Waals surface area contributed by atoms with Gasteiger partial charge in [-0.2, -0.15) is 0 Å². The van der Waals surface area contributed by atoms with E-state index in [1.54, 1.807) is 28.0 Å². The number of carbonyl (C=O) groups excluding carboxylic acids is 2. The minimum absolute atomic E-state index is 0.147. The lowest BCUT2D eigenvalue weighted by Gasteiger charge is -2.47. The Morgan fingerprint density at radius 1 is 1.08 bits per heavy atom. The lowest BCUT2D eigenvalue weighted by Crippen LogP contribution is -2.61. The standard InChI is InChI=1S/C17H19N3O5/c21-15(13-3-1-9-23-13)19-7-2-5-17(11-19)12-20(8-10-24-17)16(22)14-4-6-18-25-14/h1,3-4,6,9H,2,5,7-8,10-12H2. The molecular formula is C17H19N3O5. The minimum Gasteiger partial charge on any atom is -0.459 e. The first-order valence-corrected chi connectivity index (χ1v) is 8.34. The van der Waals surface area contributed by atoms with Crippen LogP contribution in [0, 0.1) is 0 Å². The molecule has 4 heterocycles. The van der Waals surface area contributed by atoms with Crippen LogP contribution >= 0.6 is 0 Å². The fourth-order valence-electron chi connectivity index (χ4n) is 3.57. The van der Waals surface area contributed by atoms with E-state index in [1.807, 2.05) is 0 Å². The van der Waals surface area contributed by atoms with Crippen LogP contribution in [0.4, 0.5) is 0 Å². The van der Waals surface area contributed by atoms with Crippen molar-refractivity contribution in [3.63, 3.8) is 0 Å². The number of likely N-dealkylation sites (tertiary alicyclic amines) is 1. The number of ether oxygens (including phenoxy) is 1. The third kappa shape index (κ3) is 3.05. The molecular weight excluding hydrogens is 326 g/mol. The lowest BCUT2D eigenvalue weighted by molar-refractivity contribution is -0.126. The first-order valence-electron chi connectivity index (χ1n) is 8.34. The fourth-order valence-corrected chi connectivity index (χ4v) is 3.57. The molecule has 8 nitrogen and oxygen atoms in total. The van der Waals surface area contributed by atoms with Gasteiger partial charge in [0.15, 0.2) is 5.76 Å². The zero-order valence-electron chi connectivity index (χ0n) is 13.7. The molecule has 1 atom stereocenters. The summed E-state index contributed by atoms with van der Waals surface area (Å²) in [5.74, 6) is 0.194. The summed E-state index contributed by atoms with van der Waals surface area (Å²) in [6.07, 6.45) is 4.56. The molecule has 0 radical (unpaired) electrons. The molecule has 0 saturated carbocycles. The van der Waals surface area contributed by atoms with E-state index in [4.69, 9.17) is 13.7 Å². The van der Waals surface area contributed by atoms with Gasteiger partial charge in [0.05, 0.1) is 32.2 Å². The van der Waals surface area contributed by atoms with Crippen molar-refractivity contribution in [1.29, 1.82) is 0 Å². The average molecular weight is 345 g/mol. The molecule has 8 heteroatoms. The summed E-state index contributed by atoms with van der Waals surface area (Å²) in [5.41, 5.74) is -0.547. The Morgan fingerprint density at radius 2 is 1.88 bits per heavy atom. The highest BCUT2D eigenvalue weighted by Gasteiger charge is 2.43. The second kappa shape index (κ2) is 6.36. The van der Waals surface area contributed by atoms with E-state index < -0.39 is 5.60 Å². The summed E-state index contributed by atoms with van der Waals surface area (Å²) in [6.45, 7) is 2.44. The normalized spacial score (nSPS) is 23.8. The van der Waals surface area contributed by atoms with Gasteiger partial charge in [0, 0.05) is 19.2 Å². The maximum absolute atomic E-state index is 12.6. The SMILES string of the molecule is O=C(c1ccco1)N1CCCC2(C1)CN(C(=O)c1ccno1)CCO2. The van der Waals surface area contributed by atoms with E-state index in [1.165, 1.54) is 12.5 Å². The Kier molecular flexibility index (Phi) is 4.04. The maximum atomic E-state index is 12.6. The van der Waals surface area contributed by atoms with Crippen LogP contribution in [0.25, 0.3) is 0 Å². The summed E-state index contributed by atoms with van der Waals surface area (Å²) in [5, 5.41) is 3.59. The van der Waals surface area contributed by atoms with Crippen molar-refractivity contribution in [3.8, 4) is 0 Å². The number of carbonyl (C=O) groups is 2. The molecule has 1 unspecified atom stereocenters. The number of hydrogen-bond acceptors (Lipinski definition) is 6. The van der Waals surface area contributed by atoms with Gasteiger partial charge in [-0.05, 0) is 25.0 Å². The van der Waals surface area contributed by atoms with Crippen LogP contribution in [0.2, 0.25) is 0 Å². The molecule has 132 valence electrons. The molecule has 25 heavy (non-hydrogen) atoms. The molecule has 0 N–H and O–H groups in total. The van der Waals surface area contributed by atoms with E-state index >= 15 is 0 Å². The lowest BCUT2D eigenvalue weighted by atomic mass is 9.90. The van der Waals surface area contributed by atoms with E-state index in [0.29, 0.717) is 38.5 Å². The quantitative estimate of drug-likeness (QED) is 0.818. The Hall–Kier alpha value is -2.61. The molecule has 0 aromatic carbocycles. The second-order valence-corrected chi connectivity index (χ2v) is 6.44. The maximum Gasteiger partial charge on any atom is 0.292 e. The monoisotopic (exact) mass is 345 g/mol.